The van der Waals surface area contributed by atoms with E-state index in [1.54, 1.807) is 26.1 Å². The predicted octanol–water partition coefficient (Wildman–Crippen LogP) is 1.24. The van der Waals surface area contributed by atoms with Gasteiger partial charge in [0.25, 0.3) is 0 Å². The van der Waals surface area contributed by atoms with E-state index in [1.807, 2.05) is 6.92 Å². The lowest BCUT2D eigenvalue weighted by atomic mass is 9.58. The Morgan fingerprint density at radius 1 is 1.28 bits per heavy atom. The smallest absolute Gasteiger partial charge is 0.243 e. The molecule has 1 fully saturated rings. The van der Waals surface area contributed by atoms with Crippen LogP contribution in [0, 0.1) is 5.41 Å². The summed E-state index contributed by atoms with van der Waals surface area (Å²) in [4.78, 5) is 17.8. The number of hydrogen-bond acceptors (Lipinski definition) is 4. The summed E-state index contributed by atoms with van der Waals surface area (Å²) in [6, 6.07) is 0.294. The van der Waals surface area contributed by atoms with E-state index in [2.05, 4.69) is 29.5 Å². The average molecular weight is 357 g/mol. The number of likely N-dealkylation sites (N-methyl/N-ethyl adjacent to an activating group) is 1. The van der Waals surface area contributed by atoms with Crippen molar-refractivity contribution in [2.24, 2.45) is 10.4 Å². The van der Waals surface area contributed by atoms with Crippen LogP contribution in [-0.2, 0) is 14.3 Å². The van der Waals surface area contributed by atoms with Crippen LogP contribution in [0.2, 0.25) is 0 Å². The van der Waals surface area contributed by atoms with Crippen LogP contribution >= 0.6 is 0 Å². The SMILES string of the molecule is CCOC1CC(NC(=NCC(=O)N(C)C)NCCOC)C1(CC)CC. The van der Waals surface area contributed by atoms with E-state index >= 15 is 0 Å². The molecule has 146 valence electrons. The van der Waals surface area contributed by atoms with Gasteiger partial charge in [0.1, 0.15) is 6.54 Å². The van der Waals surface area contributed by atoms with Gasteiger partial charge in [-0.2, -0.15) is 0 Å². The van der Waals surface area contributed by atoms with Crippen molar-refractivity contribution in [2.75, 3.05) is 47.5 Å². The highest BCUT2D eigenvalue weighted by Gasteiger charge is 2.53. The maximum atomic E-state index is 11.8. The van der Waals surface area contributed by atoms with Gasteiger partial charge in [-0.25, -0.2) is 4.99 Å². The number of hydrogen-bond donors (Lipinski definition) is 2. The van der Waals surface area contributed by atoms with Crippen molar-refractivity contribution in [3.8, 4) is 0 Å². The van der Waals surface area contributed by atoms with Gasteiger partial charge < -0.3 is 25.0 Å². The lowest BCUT2D eigenvalue weighted by Gasteiger charge is -2.55. The highest BCUT2D eigenvalue weighted by Crippen LogP contribution is 2.48. The number of guanidine groups is 1. The Hall–Kier alpha value is -1.34. The van der Waals surface area contributed by atoms with E-state index in [0.717, 1.165) is 25.9 Å². The standard InChI is InChI=1S/C18H36N4O3/c1-7-18(8-2)14(12-15(18)25-9-3)21-17(19-10-11-24-6)20-13-16(23)22(4)5/h14-15H,7-13H2,1-6H3,(H2,19,20,21). The summed E-state index contributed by atoms with van der Waals surface area (Å²) in [5.41, 5.74) is 0.116. The van der Waals surface area contributed by atoms with Crippen LogP contribution in [0.1, 0.15) is 40.0 Å². The lowest BCUT2D eigenvalue weighted by molar-refractivity contribution is -0.133. The molecule has 2 atom stereocenters. The van der Waals surface area contributed by atoms with E-state index in [4.69, 9.17) is 9.47 Å². The molecule has 1 aliphatic rings. The van der Waals surface area contributed by atoms with Gasteiger partial charge >= 0.3 is 0 Å². The molecule has 7 nitrogen and oxygen atoms in total. The summed E-state index contributed by atoms with van der Waals surface area (Å²) in [7, 11) is 5.14. The predicted molar refractivity (Wildman–Crippen MR) is 101 cm³/mol. The Bertz CT molecular complexity index is 436. The maximum absolute atomic E-state index is 11.8. The molecule has 7 heteroatoms. The Labute approximate surface area is 152 Å². The Morgan fingerprint density at radius 3 is 2.48 bits per heavy atom. The number of rotatable bonds is 10. The highest BCUT2D eigenvalue weighted by atomic mass is 16.5. The Kier molecular flexibility index (Phi) is 9.21. The van der Waals surface area contributed by atoms with Gasteiger partial charge in [0.15, 0.2) is 5.96 Å². The summed E-state index contributed by atoms with van der Waals surface area (Å²) in [5, 5.41) is 6.77. The zero-order valence-electron chi connectivity index (χ0n) is 16.7. The Morgan fingerprint density at radius 2 is 1.96 bits per heavy atom. The zero-order valence-corrected chi connectivity index (χ0v) is 16.7. The van der Waals surface area contributed by atoms with Crippen molar-refractivity contribution in [1.29, 1.82) is 0 Å². The van der Waals surface area contributed by atoms with Gasteiger partial charge in [0, 0.05) is 45.8 Å². The first kappa shape index (κ1) is 21.7. The quantitative estimate of drug-likeness (QED) is 0.350. The minimum Gasteiger partial charge on any atom is -0.383 e. The molecule has 1 aliphatic carbocycles. The molecule has 0 aliphatic heterocycles. The fraction of sp³-hybridized carbons (Fsp3) is 0.889. The lowest BCUT2D eigenvalue weighted by Crippen LogP contribution is -2.65. The molecular weight excluding hydrogens is 320 g/mol. The molecule has 0 aromatic heterocycles. The van der Waals surface area contributed by atoms with Gasteiger partial charge in [-0.05, 0) is 26.2 Å². The fourth-order valence-electron chi connectivity index (χ4n) is 3.46. The summed E-state index contributed by atoms with van der Waals surface area (Å²) in [5.74, 6) is 0.643. The van der Waals surface area contributed by atoms with Crippen LogP contribution in [0.4, 0.5) is 0 Å². The van der Waals surface area contributed by atoms with Crippen LogP contribution in [0.5, 0.6) is 0 Å². The third-order valence-corrected chi connectivity index (χ3v) is 5.25. The summed E-state index contributed by atoms with van der Waals surface area (Å²) >= 11 is 0. The molecule has 0 saturated heterocycles. The van der Waals surface area contributed by atoms with Crippen LogP contribution in [0.25, 0.3) is 0 Å². The molecule has 2 unspecified atom stereocenters. The zero-order chi connectivity index (χ0) is 18.9. The van der Waals surface area contributed by atoms with Crippen molar-refractivity contribution < 1.29 is 14.3 Å². The molecule has 0 aromatic rings. The van der Waals surface area contributed by atoms with E-state index < -0.39 is 0 Å². The first-order valence-corrected chi connectivity index (χ1v) is 9.30. The molecule has 0 heterocycles. The summed E-state index contributed by atoms with van der Waals surface area (Å²) in [6.45, 7) is 8.57. The summed E-state index contributed by atoms with van der Waals surface area (Å²) in [6.07, 6.45) is 3.35. The van der Waals surface area contributed by atoms with E-state index in [-0.39, 0.29) is 24.0 Å². The molecule has 25 heavy (non-hydrogen) atoms. The molecule has 1 saturated carbocycles. The number of carbonyl (C=O) groups excluding carboxylic acids is 1. The molecule has 0 spiro atoms. The number of nitrogens with one attached hydrogen (secondary N) is 2. The number of amides is 1. The van der Waals surface area contributed by atoms with Crippen molar-refractivity contribution in [1.82, 2.24) is 15.5 Å². The number of aliphatic imine (C=N–C) groups is 1. The summed E-state index contributed by atoms with van der Waals surface area (Å²) < 4.78 is 11.0. The maximum Gasteiger partial charge on any atom is 0.243 e. The van der Waals surface area contributed by atoms with Crippen LogP contribution in [0.3, 0.4) is 0 Å². The molecule has 0 radical (unpaired) electrons. The van der Waals surface area contributed by atoms with Crippen molar-refractivity contribution >= 4 is 11.9 Å². The molecule has 0 aromatic carbocycles. The number of ether oxygens (including phenoxy) is 2. The van der Waals surface area contributed by atoms with Gasteiger partial charge in [-0.15, -0.1) is 0 Å². The average Bonchev–Trinajstić information content (AvgIpc) is 2.59. The second kappa shape index (κ2) is 10.6. The number of carbonyl (C=O) groups is 1. The minimum atomic E-state index is -0.0223. The Balaban J connectivity index is 2.78. The second-order valence-corrected chi connectivity index (χ2v) is 6.69. The van der Waals surface area contributed by atoms with Crippen molar-refractivity contribution in [3.05, 3.63) is 0 Å². The minimum absolute atomic E-state index is 0.0223. The van der Waals surface area contributed by atoms with Crippen LogP contribution < -0.4 is 10.6 Å². The molecule has 1 rings (SSSR count). The number of nitrogens with zero attached hydrogens (tertiary/aromatic N) is 2. The van der Waals surface area contributed by atoms with E-state index in [0.29, 0.717) is 25.2 Å². The molecule has 0 bridgehead atoms. The van der Waals surface area contributed by atoms with Gasteiger partial charge in [0.2, 0.25) is 5.91 Å². The van der Waals surface area contributed by atoms with Crippen LogP contribution in [-0.4, -0.2) is 76.4 Å². The second-order valence-electron chi connectivity index (χ2n) is 6.69. The largest absolute Gasteiger partial charge is 0.383 e. The number of methoxy groups -OCH3 is 1. The highest BCUT2D eigenvalue weighted by molar-refractivity contribution is 5.85. The molecule has 1 amide bonds. The van der Waals surface area contributed by atoms with E-state index in [1.165, 1.54) is 0 Å². The van der Waals surface area contributed by atoms with Gasteiger partial charge in [-0.1, -0.05) is 13.8 Å². The van der Waals surface area contributed by atoms with Gasteiger partial charge in [0.05, 0.1) is 12.7 Å². The monoisotopic (exact) mass is 356 g/mol. The third-order valence-electron chi connectivity index (χ3n) is 5.25. The topological polar surface area (TPSA) is 75.2 Å². The van der Waals surface area contributed by atoms with E-state index in [9.17, 15) is 4.79 Å². The third kappa shape index (κ3) is 5.57. The first-order valence-electron chi connectivity index (χ1n) is 9.30. The molecular formula is C18H36N4O3. The normalized spacial score (nSPS) is 22.2. The first-order chi connectivity index (χ1) is 11.9. The van der Waals surface area contributed by atoms with Crippen molar-refractivity contribution in [3.63, 3.8) is 0 Å². The molecule has 2 N–H and O–H groups in total. The van der Waals surface area contributed by atoms with Crippen molar-refractivity contribution in [2.45, 2.75) is 52.2 Å². The fourth-order valence-corrected chi connectivity index (χ4v) is 3.46. The van der Waals surface area contributed by atoms with Crippen LogP contribution in [0.15, 0.2) is 4.99 Å². The van der Waals surface area contributed by atoms with Gasteiger partial charge in [-0.3, -0.25) is 4.79 Å².